The molecule has 11 heteroatoms. The lowest BCUT2D eigenvalue weighted by Gasteiger charge is -2.13. The summed E-state index contributed by atoms with van der Waals surface area (Å²) in [6.45, 7) is 0.0577. The van der Waals surface area contributed by atoms with Crippen LogP contribution in [0.5, 0.6) is 0 Å². The first kappa shape index (κ1) is 21.9. The van der Waals surface area contributed by atoms with Crippen LogP contribution in [0.3, 0.4) is 0 Å². The summed E-state index contributed by atoms with van der Waals surface area (Å²) in [6, 6.07) is 2.45. The predicted molar refractivity (Wildman–Crippen MR) is 96.7 cm³/mol. The minimum atomic E-state index is -2.98. The molecule has 0 bridgehead atoms. The number of nitrogens with one attached hydrogen (secondary N) is 1. The van der Waals surface area contributed by atoms with Crippen LogP contribution >= 0.6 is 35.0 Å². The lowest BCUT2D eigenvalue weighted by atomic mass is 10.1. The van der Waals surface area contributed by atoms with E-state index < -0.39 is 30.3 Å². The molecule has 27 heavy (non-hydrogen) atoms. The second kappa shape index (κ2) is 9.68. The Labute approximate surface area is 167 Å². The first-order valence-electron chi connectivity index (χ1n) is 7.69. The molecular formula is C16H15Cl2F3N2O3S. The molecule has 1 atom stereocenters. The maximum atomic E-state index is 14.4. The van der Waals surface area contributed by atoms with Crippen LogP contribution in [0.2, 0.25) is 10.0 Å². The molecule has 2 aromatic rings. The Morgan fingerprint density at radius 2 is 2.07 bits per heavy atom. The molecule has 0 amide bonds. The fourth-order valence-electron chi connectivity index (χ4n) is 2.08. The summed E-state index contributed by atoms with van der Waals surface area (Å²) in [7, 11) is 0. The van der Waals surface area contributed by atoms with Gasteiger partial charge in [0.25, 0.3) is 0 Å². The van der Waals surface area contributed by atoms with Crippen molar-refractivity contribution in [1.29, 1.82) is 0 Å². The van der Waals surface area contributed by atoms with Crippen LogP contribution in [0.25, 0.3) is 11.3 Å². The maximum absolute atomic E-state index is 14.4. The van der Waals surface area contributed by atoms with Crippen LogP contribution in [-0.2, 0) is 20.9 Å². The largest absolute Gasteiger partial charge is 0.465 e. The summed E-state index contributed by atoms with van der Waals surface area (Å²) >= 11 is 13.3. The van der Waals surface area contributed by atoms with E-state index in [2.05, 4.69) is 14.9 Å². The van der Waals surface area contributed by atoms with Crippen molar-refractivity contribution in [3.8, 4) is 11.3 Å². The molecule has 1 unspecified atom stereocenters. The molecule has 5 nitrogen and oxygen atoms in total. The average molecular weight is 443 g/mol. The molecule has 0 spiro atoms. The number of rotatable bonds is 8. The molecular weight excluding hydrogens is 428 g/mol. The number of nitrogens with zero attached hydrogens (tertiary/aromatic N) is 1. The van der Waals surface area contributed by atoms with Crippen LogP contribution in [0.1, 0.15) is 19.5 Å². The second-order valence-corrected chi connectivity index (χ2v) is 7.38. The standard InChI is InChI=1S/C16H15Cl2F3N2O3S/c1-3-25-15(24)7(2)27-12-4-8(10(19)5-9(12)17)14-13(18)11(22-23-14)6-26-16(20)21/h4-5,7,16H,3,6H2,1-2H3,(H,22,23). The van der Waals surface area contributed by atoms with Crippen LogP contribution in [-0.4, -0.2) is 34.6 Å². The monoisotopic (exact) mass is 442 g/mol. The zero-order chi connectivity index (χ0) is 20.1. The number of halogens is 5. The van der Waals surface area contributed by atoms with Gasteiger partial charge in [-0.15, -0.1) is 11.8 Å². The number of ether oxygens (including phenoxy) is 2. The van der Waals surface area contributed by atoms with Gasteiger partial charge < -0.3 is 9.47 Å². The Morgan fingerprint density at radius 1 is 1.37 bits per heavy atom. The van der Waals surface area contributed by atoms with Crippen molar-refractivity contribution in [1.82, 2.24) is 10.2 Å². The minimum Gasteiger partial charge on any atom is -0.465 e. The third kappa shape index (κ3) is 5.54. The van der Waals surface area contributed by atoms with Gasteiger partial charge in [0.05, 0.1) is 29.0 Å². The van der Waals surface area contributed by atoms with Crippen molar-refractivity contribution in [2.75, 3.05) is 6.61 Å². The summed E-state index contributed by atoms with van der Waals surface area (Å²) in [5, 5.41) is 5.79. The van der Waals surface area contributed by atoms with Gasteiger partial charge in [0, 0.05) is 10.5 Å². The summed E-state index contributed by atoms with van der Waals surface area (Å²) < 4.78 is 47.8. The zero-order valence-electron chi connectivity index (χ0n) is 14.2. The Morgan fingerprint density at radius 3 is 2.70 bits per heavy atom. The average Bonchev–Trinajstić information content (AvgIpc) is 2.96. The highest BCUT2D eigenvalue weighted by molar-refractivity contribution is 8.00. The van der Waals surface area contributed by atoms with Crippen molar-refractivity contribution in [3.63, 3.8) is 0 Å². The van der Waals surface area contributed by atoms with Crippen LogP contribution in [0.15, 0.2) is 17.0 Å². The van der Waals surface area contributed by atoms with Crippen LogP contribution < -0.4 is 0 Å². The van der Waals surface area contributed by atoms with Gasteiger partial charge in [-0.3, -0.25) is 9.89 Å². The van der Waals surface area contributed by atoms with E-state index in [-0.39, 0.29) is 33.6 Å². The molecule has 0 fully saturated rings. The smallest absolute Gasteiger partial charge is 0.345 e. The van der Waals surface area contributed by atoms with Gasteiger partial charge in [-0.05, 0) is 26.0 Å². The fraction of sp³-hybridized carbons (Fsp3) is 0.375. The van der Waals surface area contributed by atoms with Gasteiger partial charge in [-0.2, -0.15) is 13.9 Å². The summed E-state index contributed by atoms with van der Waals surface area (Å²) in [4.78, 5) is 12.2. The number of hydrogen-bond donors (Lipinski definition) is 1. The van der Waals surface area contributed by atoms with E-state index in [0.717, 1.165) is 17.8 Å². The van der Waals surface area contributed by atoms with Crippen molar-refractivity contribution in [2.45, 2.75) is 37.2 Å². The number of aromatic nitrogens is 2. The first-order valence-corrected chi connectivity index (χ1v) is 9.33. The number of aromatic amines is 1. The van der Waals surface area contributed by atoms with Crippen LogP contribution in [0.4, 0.5) is 13.2 Å². The summed E-state index contributed by atoms with van der Waals surface area (Å²) in [5.74, 6) is -1.14. The molecule has 0 aliphatic rings. The minimum absolute atomic E-state index is 0.00232. The second-order valence-electron chi connectivity index (χ2n) is 5.21. The van der Waals surface area contributed by atoms with Gasteiger partial charge in [-0.1, -0.05) is 23.2 Å². The van der Waals surface area contributed by atoms with Gasteiger partial charge in [0.2, 0.25) is 0 Å². The molecule has 0 saturated heterocycles. The maximum Gasteiger partial charge on any atom is 0.345 e. The molecule has 0 aliphatic heterocycles. The number of thioether (sulfide) groups is 1. The number of benzene rings is 1. The first-order chi connectivity index (χ1) is 12.7. The highest BCUT2D eigenvalue weighted by Crippen LogP contribution is 2.38. The van der Waals surface area contributed by atoms with Gasteiger partial charge in [0.1, 0.15) is 16.8 Å². The molecule has 0 saturated carbocycles. The van der Waals surface area contributed by atoms with E-state index in [1.54, 1.807) is 13.8 Å². The predicted octanol–water partition coefficient (Wildman–Crippen LogP) is 5.31. The number of H-pyrrole nitrogens is 1. The van der Waals surface area contributed by atoms with E-state index in [1.807, 2.05) is 0 Å². The Kier molecular flexibility index (Phi) is 7.84. The van der Waals surface area contributed by atoms with E-state index in [4.69, 9.17) is 27.9 Å². The summed E-state index contributed by atoms with van der Waals surface area (Å²) in [5.41, 5.74) is 0.0993. The van der Waals surface area contributed by atoms with Gasteiger partial charge >= 0.3 is 12.6 Å². The highest BCUT2D eigenvalue weighted by Gasteiger charge is 2.22. The fourth-order valence-corrected chi connectivity index (χ4v) is 3.51. The third-order valence-electron chi connectivity index (χ3n) is 3.33. The van der Waals surface area contributed by atoms with Crippen molar-refractivity contribution >= 4 is 40.9 Å². The van der Waals surface area contributed by atoms with Crippen LogP contribution in [0, 0.1) is 5.82 Å². The zero-order valence-corrected chi connectivity index (χ0v) is 16.5. The number of carbonyl (C=O) groups is 1. The third-order valence-corrected chi connectivity index (χ3v) is 5.30. The topological polar surface area (TPSA) is 64.2 Å². The molecule has 0 radical (unpaired) electrons. The van der Waals surface area contributed by atoms with E-state index >= 15 is 0 Å². The number of esters is 1. The Balaban J connectivity index is 2.32. The number of carbonyl (C=O) groups excluding carboxylic acids is 1. The van der Waals surface area contributed by atoms with Crippen molar-refractivity contribution in [2.24, 2.45) is 0 Å². The van der Waals surface area contributed by atoms with Crippen molar-refractivity contribution in [3.05, 3.63) is 33.7 Å². The highest BCUT2D eigenvalue weighted by atomic mass is 35.5. The van der Waals surface area contributed by atoms with E-state index in [9.17, 15) is 18.0 Å². The number of alkyl halides is 2. The molecule has 1 aromatic heterocycles. The molecule has 1 aromatic carbocycles. The van der Waals surface area contributed by atoms with Gasteiger partial charge in [0.15, 0.2) is 0 Å². The van der Waals surface area contributed by atoms with Gasteiger partial charge in [-0.25, -0.2) is 4.39 Å². The van der Waals surface area contributed by atoms with E-state index in [0.29, 0.717) is 4.90 Å². The molecule has 0 aliphatic carbocycles. The lowest BCUT2D eigenvalue weighted by molar-refractivity contribution is -0.142. The molecule has 1 heterocycles. The Bertz CT molecular complexity index is 820. The summed E-state index contributed by atoms with van der Waals surface area (Å²) in [6.07, 6.45) is 0. The lowest BCUT2D eigenvalue weighted by Crippen LogP contribution is -2.16. The number of hydrogen-bond acceptors (Lipinski definition) is 5. The molecule has 2 rings (SSSR count). The van der Waals surface area contributed by atoms with Crippen molar-refractivity contribution < 1.29 is 27.4 Å². The normalized spacial score (nSPS) is 12.4. The molecule has 1 N–H and O–H groups in total. The van der Waals surface area contributed by atoms with E-state index in [1.165, 1.54) is 6.07 Å². The quantitative estimate of drug-likeness (QED) is 0.443. The SMILES string of the molecule is CCOC(=O)C(C)Sc1cc(-c2n[nH]c(COC(F)F)c2Cl)c(F)cc1Cl. The molecule has 148 valence electrons. The Hall–Kier alpha value is -1.42.